The Morgan fingerprint density at radius 2 is 2.25 bits per heavy atom. The fraction of sp³-hybridized carbons (Fsp3) is 0.643. The number of hydrogen-bond donors (Lipinski definition) is 1. The summed E-state index contributed by atoms with van der Waals surface area (Å²) in [5.74, 6) is -1.62. The quantitative estimate of drug-likeness (QED) is 0.733. The van der Waals surface area contributed by atoms with Gasteiger partial charge in [0.1, 0.15) is 11.4 Å². The molecule has 0 unspecified atom stereocenters. The van der Waals surface area contributed by atoms with Crippen LogP contribution >= 0.6 is 0 Å². The van der Waals surface area contributed by atoms with Gasteiger partial charge in [-0.15, -0.1) is 0 Å². The summed E-state index contributed by atoms with van der Waals surface area (Å²) in [4.78, 5) is 22.9. The number of carbonyl (C=O) groups is 2. The Morgan fingerprint density at radius 1 is 1.50 bits per heavy atom. The summed E-state index contributed by atoms with van der Waals surface area (Å²) in [6.07, 6.45) is 4.45. The van der Waals surface area contributed by atoms with Gasteiger partial charge in [0.2, 0.25) is 10.0 Å². The highest BCUT2D eigenvalue weighted by Crippen LogP contribution is 2.50. The number of esters is 1. The Hall–Kier alpha value is -1.94. The van der Waals surface area contributed by atoms with Crippen LogP contribution < -0.4 is 0 Å². The molecule has 1 aromatic heterocycles. The highest BCUT2D eigenvalue weighted by Gasteiger charge is 2.57. The predicted molar refractivity (Wildman–Crippen MR) is 80.4 cm³/mol. The van der Waals surface area contributed by atoms with E-state index < -0.39 is 27.4 Å². The van der Waals surface area contributed by atoms with Crippen LogP contribution in [0.4, 0.5) is 0 Å². The number of carboxylic acids is 1. The van der Waals surface area contributed by atoms with Gasteiger partial charge in [-0.05, 0) is 18.8 Å². The van der Waals surface area contributed by atoms with Gasteiger partial charge in [-0.3, -0.25) is 14.3 Å². The van der Waals surface area contributed by atoms with Gasteiger partial charge >= 0.3 is 11.9 Å². The molecule has 24 heavy (non-hydrogen) atoms. The molecule has 2 heterocycles. The first kappa shape index (κ1) is 16.9. The normalized spacial score (nSPS) is 27.1. The molecular formula is C14H19N3O6S. The summed E-state index contributed by atoms with van der Waals surface area (Å²) in [5, 5.41) is 13.4. The molecule has 2 aliphatic rings. The van der Waals surface area contributed by atoms with Crippen molar-refractivity contribution in [3.8, 4) is 0 Å². The van der Waals surface area contributed by atoms with Crippen LogP contribution in [0.25, 0.3) is 0 Å². The molecule has 1 saturated heterocycles. The number of hydrogen-bond acceptors (Lipinski definition) is 6. The monoisotopic (exact) mass is 357 g/mol. The maximum atomic E-state index is 12.8. The van der Waals surface area contributed by atoms with Gasteiger partial charge < -0.3 is 9.84 Å². The number of aliphatic carboxylic acids is 1. The zero-order chi connectivity index (χ0) is 17.5. The van der Waals surface area contributed by atoms with E-state index in [1.165, 1.54) is 28.5 Å². The predicted octanol–water partition coefficient (Wildman–Crippen LogP) is -0.0685. The van der Waals surface area contributed by atoms with Gasteiger partial charge in [-0.1, -0.05) is 6.42 Å². The second-order valence-corrected chi connectivity index (χ2v) is 8.24. The molecule has 0 bridgehead atoms. The van der Waals surface area contributed by atoms with Crippen LogP contribution in [0.1, 0.15) is 19.3 Å². The smallest absolute Gasteiger partial charge is 0.327 e. The lowest BCUT2D eigenvalue weighted by Crippen LogP contribution is -2.37. The highest BCUT2D eigenvalue weighted by atomic mass is 32.2. The Kier molecular flexibility index (Phi) is 4.12. The number of ether oxygens (including phenoxy) is 1. The van der Waals surface area contributed by atoms with E-state index in [2.05, 4.69) is 9.84 Å². The molecule has 3 rings (SSSR count). The highest BCUT2D eigenvalue weighted by molar-refractivity contribution is 7.89. The molecule has 0 spiro atoms. The zero-order valence-corrected chi connectivity index (χ0v) is 14.0. The van der Waals surface area contributed by atoms with Crippen LogP contribution in [0.2, 0.25) is 0 Å². The van der Waals surface area contributed by atoms with Gasteiger partial charge in [0.05, 0.1) is 18.7 Å². The maximum absolute atomic E-state index is 12.8. The van der Waals surface area contributed by atoms with E-state index in [9.17, 15) is 23.1 Å². The maximum Gasteiger partial charge on any atom is 0.327 e. The number of carbonyl (C=O) groups excluding carboxylic acids is 1. The van der Waals surface area contributed by atoms with Crippen LogP contribution in [0.3, 0.4) is 0 Å². The average molecular weight is 357 g/mol. The molecule has 10 heteroatoms. The van der Waals surface area contributed by atoms with Gasteiger partial charge in [0.25, 0.3) is 0 Å². The lowest BCUT2D eigenvalue weighted by atomic mass is 9.81. The van der Waals surface area contributed by atoms with E-state index in [4.69, 9.17) is 0 Å². The minimum atomic E-state index is -3.84. The summed E-state index contributed by atoms with van der Waals surface area (Å²) in [6, 6.07) is 0. The van der Waals surface area contributed by atoms with Crippen LogP contribution in [0, 0.1) is 11.3 Å². The number of methoxy groups -OCH3 is 1. The largest absolute Gasteiger partial charge is 0.481 e. The van der Waals surface area contributed by atoms with E-state index >= 15 is 0 Å². The average Bonchev–Trinajstić information content (AvgIpc) is 3.20. The lowest BCUT2D eigenvalue weighted by molar-refractivity contribution is -0.149. The zero-order valence-electron chi connectivity index (χ0n) is 13.2. The van der Waals surface area contributed by atoms with Gasteiger partial charge in [-0.25, -0.2) is 8.42 Å². The molecule has 1 N–H and O–H groups in total. The van der Waals surface area contributed by atoms with Crippen molar-refractivity contribution >= 4 is 22.0 Å². The van der Waals surface area contributed by atoms with Crippen LogP contribution in [0.5, 0.6) is 0 Å². The first-order valence-electron chi connectivity index (χ1n) is 7.62. The van der Waals surface area contributed by atoms with E-state index in [1.54, 1.807) is 0 Å². The molecule has 2 atom stereocenters. The van der Waals surface area contributed by atoms with Crippen molar-refractivity contribution in [2.45, 2.75) is 30.7 Å². The van der Waals surface area contributed by atoms with E-state index in [0.29, 0.717) is 6.42 Å². The fourth-order valence-corrected chi connectivity index (χ4v) is 5.20. The standard InChI is InChI=1S/C14H19N3O6S/c1-23-12(18)8-16-7-11(5-15-16)24(21,22)17-6-10-3-2-4-14(10,9-17)13(19)20/h5,7,10H,2-4,6,8-9H2,1H3,(H,19,20)/t10-,14+/m0/s1. The molecule has 0 radical (unpaired) electrons. The minimum absolute atomic E-state index is 0.0164. The second-order valence-electron chi connectivity index (χ2n) is 6.30. The summed E-state index contributed by atoms with van der Waals surface area (Å²) >= 11 is 0. The Morgan fingerprint density at radius 3 is 2.88 bits per heavy atom. The first-order chi connectivity index (χ1) is 11.3. The molecule has 2 fully saturated rings. The summed E-state index contributed by atoms with van der Waals surface area (Å²) in [6.45, 7) is 0.00202. The van der Waals surface area contributed by atoms with Crippen molar-refractivity contribution < 1.29 is 27.9 Å². The molecule has 0 amide bonds. The molecular weight excluding hydrogens is 338 g/mol. The van der Waals surface area contributed by atoms with Gasteiger partial charge in [0, 0.05) is 19.3 Å². The first-order valence-corrected chi connectivity index (χ1v) is 9.06. The summed E-state index contributed by atoms with van der Waals surface area (Å²) < 4.78 is 32.4. The third-order valence-electron chi connectivity index (χ3n) is 5.03. The molecule has 0 aromatic carbocycles. The van der Waals surface area contributed by atoms with Crippen molar-refractivity contribution in [2.24, 2.45) is 11.3 Å². The minimum Gasteiger partial charge on any atom is -0.481 e. The molecule has 1 aromatic rings. The molecule has 132 valence electrons. The van der Waals surface area contributed by atoms with Crippen molar-refractivity contribution in [2.75, 3.05) is 20.2 Å². The van der Waals surface area contributed by atoms with Gasteiger partial charge in [-0.2, -0.15) is 9.40 Å². The number of aromatic nitrogens is 2. The topological polar surface area (TPSA) is 119 Å². The molecule has 1 saturated carbocycles. The van der Waals surface area contributed by atoms with Crippen molar-refractivity contribution in [3.05, 3.63) is 12.4 Å². The molecule has 1 aliphatic heterocycles. The third-order valence-corrected chi connectivity index (χ3v) is 6.80. The van der Waals surface area contributed by atoms with E-state index in [1.807, 2.05) is 0 Å². The van der Waals surface area contributed by atoms with E-state index in [0.717, 1.165) is 12.8 Å². The molecule has 9 nitrogen and oxygen atoms in total. The van der Waals surface area contributed by atoms with Crippen molar-refractivity contribution in [3.63, 3.8) is 0 Å². The van der Waals surface area contributed by atoms with Crippen LogP contribution in [-0.4, -0.2) is 59.7 Å². The van der Waals surface area contributed by atoms with Crippen molar-refractivity contribution in [1.82, 2.24) is 14.1 Å². The second kappa shape index (κ2) is 5.85. The van der Waals surface area contributed by atoms with E-state index in [-0.39, 0.29) is 30.4 Å². The molecule has 1 aliphatic carbocycles. The number of fused-ring (bicyclic) bond motifs is 1. The van der Waals surface area contributed by atoms with Gasteiger partial charge in [0.15, 0.2) is 0 Å². The Bertz CT molecular complexity index is 773. The van der Waals surface area contributed by atoms with Crippen molar-refractivity contribution in [1.29, 1.82) is 0 Å². The number of carboxylic acid groups (broad SMARTS) is 1. The number of nitrogens with zero attached hydrogens (tertiary/aromatic N) is 3. The fourth-order valence-electron chi connectivity index (χ4n) is 3.69. The summed E-state index contributed by atoms with van der Waals surface area (Å²) in [7, 11) is -2.61. The third kappa shape index (κ3) is 2.59. The van der Waals surface area contributed by atoms with Crippen LogP contribution in [-0.2, 0) is 30.9 Å². The number of sulfonamides is 1. The number of rotatable bonds is 5. The van der Waals surface area contributed by atoms with Crippen LogP contribution in [0.15, 0.2) is 17.3 Å². The Balaban J connectivity index is 1.82. The lowest BCUT2D eigenvalue weighted by Gasteiger charge is -2.23. The SMILES string of the molecule is COC(=O)Cn1cc(S(=O)(=O)N2C[C@@H]3CCC[C@@]3(C(=O)O)C2)cn1. The summed E-state index contributed by atoms with van der Waals surface area (Å²) in [5.41, 5.74) is -0.977. The Labute approximate surface area is 139 Å².